The summed E-state index contributed by atoms with van der Waals surface area (Å²) in [6.07, 6.45) is 1.68. The molecule has 2 amide bonds. The molecule has 1 heterocycles. The van der Waals surface area contributed by atoms with E-state index in [2.05, 4.69) is 5.32 Å². The number of nitrogens with one attached hydrogen (secondary N) is 1. The van der Waals surface area contributed by atoms with Crippen LogP contribution in [0.5, 0.6) is 0 Å². The van der Waals surface area contributed by atoms with E-state index in [0.717, 1.165) is 19.4 Å². The van der Waals surface area contributed by atoms with Crippen LogP contribution in [-0.4, -0.2) is 41.3 Å². The van der Waals surface area contributed by atoms with Gasteiger partial charge in [0.25, 0.3) is 0 Å². The molecule has 2 unspecified atom stereocenters. The molecule has 1 aliphatic rings. The van der Waals surface area contributed by atoms with Gasteiger partial charge in [-0.1, -0.05) is 0 Å². The lowest BCUT2D eigenvalue weighted by atomic mass is 9.94. The van der Waals surface area contributed by atoms with Crippen molar-refractivity contribution in [3.63, 3.8) is 0 Å². The Kier molecular flexibility index (Phi) is 4.39. The fraction of sp³-hybridized carbons (Fsp3) is 0.909. The number of hydrogen-bond donors (Lipinski definition) is 2. The molecule has 15 heavy (non-hydrogen) atoms. The van der Waals surface area contributed by atoms with Gasteiger partial charge in [-0.15, -0.1) is 0 Å². The molecule has 2 atom stereocenters. The molecule has 1 rings (SSSR count). The Morgan fingerprint density at radius 3 is 2.67 bits per heavy atom. The fourth-order valence-corrected chi connectivity index (χ4v) is 1.93. The van der Waals surface area contributed by atoms with Gasteiger partial charge >= 0.3 is 6.03 Å². The highest BCUT2D eigenvalue weighted by molar-refractivity contribution is 5.74. The maximum absolute atomic E-state index is 11.7. The van der Waals surface area contributed by atoms with E-state index < -0.39 is 0 Å². The third-order valence-corrected chi connectivity index (χ3v) is 2.84. The molecule has 0 saturated carbocycles. The fourth-order valence-electron chi connectivity index (χ4n) is 1.93. The van der Waals surface area contributed by atoms with Crippen molar-refractivity contribution in [2.24, 2.45) is 5.92 Å². The second-order valence-electron chi connectivity index (χ2n) is 4.69. The number of carbonyl (C=O) groups is 1. The van der Waals surface area contributed by atoms with E-state index in [0.29, 0.717) is 6.54 Å². The van der Waals surface area contributed by atoms with Gasteiger partial charge in [-0.05, 0) is 33.6 Å². The molecule has 0 bridgehead atoms. The van der Waals surface area contributed by atoms with Crippen LogP contribution in [-0.2, 0) is 0 Å². The molecule has 0 aliphatic carbocycles. The summed E-state index contributed by atoms with van der Waals surface area (Å²) in [4.78, 5) is 13.5. The Hall–Kier alpha value is -0.770. The Balaban J connectivity index is 2.45. The normalized spacial score (nSPS) is 24.1. The number of aliphatic hydroxyl groups is 1. The zero-order chi connectivity index (χ0) is 11.4. The van der Waals surface area contributed by atoms with Gasteiger partial charge in [0.1, 0.15) is 0 Å². The monoisotopic (exact) mass is 214 g/mol. The largest absolute Gasteiger partial charge is 0.393 e. The summed E-state index contributed by atoms with van der Waals surface area (Å²) in [7, 11) is 0. The van der Waals surface area contributed by atoms with E-state index >= 15 is 0 Å². The van der Waals surface area contributed by atoms with Gasteiger partial charge in [-0.25, -0.2) is 4.79 Å². The summed E-state index contributed by atoms with van der Waals surface area (Å²) >= 11 is 0. The van der Waals surface area contributed by atoms with Crippen molar-refractivity contribution < 1.29 is 9.90 Å². The van der Waals surface area contributed by atoms with Crippen molar-refractivity contribution in [1.29, 1.82) is 0 Å². The first kappa shape index (κ1) is 12.3. The molecular weight excluding hydrogens is 192 g/mol. The van der Waals surface area contributed by atoms with Crippen LogP contribution in [0, 0.1) is 5.92 Å². The predicted octanol–water partition coefficient (Wildman–Crippen LogP) is 1.20. The first-order valence-electron chi connectivity index (χ1n) is 5.74. The van der Waals surface area contributed by atoms with Crippen LogP contribution in [0.3, 0.4) is 0 Å². The molecule has 0 aromatic carbocycles. The maximum Gasteiger partial charge on any atom is 0.317 e. The van der Waals surface area contributed by atoms with Crippen molar-refractivity contribution in [1.82, 2.24) is 10.2 Å². The molecule has 0 spiro atoms. The van der Waals surface area contributed by atoms with Gasteiger partial charge in [0.2, 0.25) is 0 Å². The molecule has 0 radical (unpaired) electrons. The standard InChI is InChI=1S/C11H22N2O2/c1-8(2)12-11(15)13-6-4-5-10(7-13)9(3)14/h8-10,14H,4-7H2,1-3H3,(H,12,15). The van der Waals surface area contributed by atoms with Crippen molar-refractivity contribution in [3.05, 3.63) is 0 Å². The molecule has 4 heteroatoms. The van der Waals surface area contributed by atoms with E-state index in [1.807, 2.05) is 13.8 Å². The van der Waals surface area contributed by atoms with Gasteiger partial charge in [0.15, 0.2) is 0 Å². The maximum atomic E-state index is 11.7. The van der Waals surface area contributed by atoms with E-state index in [1.54, 1.807) is 11.8 Å². The van der Waals surface area contributed by atoms with Crippen molar-refractivity contribution in [2.45, 2.75) is 45.8 Å². The van der Waals surface area contributed by atoms with Gasteiger partial charge in [-0.2, -0.15) is 0 Å². The van der Waals surface area contributed by atoms with Crippen molar-refractivity contribution >= 4 is 6.03 Å². The Labute approximate surface area is 91.6 Å². The summed E-state index contributed by atoms with van der Waals surface area (Å²) < 4.78 is 0. The lowest BCUT2D eigenvalue weighted by Crippen LogP contribution is -2.49. The number of amides is 2. The minimum absolute atomic E-state index is 0.00431. The van der Waals surface area contributed by atoms with Gasteiger partial charge in [0.05, 0.1) is 6.10 Å². The summed E-state index contributed by atoms with van der Waals surface area (Å²) in [5.74, 6) is 0.233. The minimum atomic E-state index is -0.320. The van der Waals surface area contributed by atoms with E-state index in [4.69, 9.17) is 0 Å². The van der Waals surface area contributed by atoms with Crippen LogP contribution in [0.4, 0.5) is 4.79 Å². The minimum Gasteiger partial charge on any atom is -0.393 e. The lowest BCUT2D eigenvalue weighted by molar-refractivity contribution is 0.0735. The number of carbonyl (C=O) groups excluding carboxylic acids is 1. The van der Waals surface area contributed by atoms with Gasteiger partial charge < -0.3 is 15.3 Å². The predicted molar refractivity (Wildman–Crippen MR) is 59.6 cm³/mol. The summed E-state index contributed by atoms with van der Waals surface area (Å²) in [5.41, 5.74) is 0. The molecule has 1 saturated heterocycles. The highest BCUT2D eigenvalue weighted by Gasteiger charge is 2.26. The highest BCUT2D eigenvalue weighted by atomic mass is 16.3. The Morgan fingerprint density at radius 2 is 2.13 bits per heavy atom. The van der Waals surface area contributed by atoms with E-state index in [9.17, 15) is 9.90 Å². The Bertz CT molecular complexity index is 217. The molecule has 0 aromatic heterocycles. The number of aliphatic hydroxyl groups excluding tert-OH is 1. The topological polar surface area (TPSA) is 52.6 Å². The molecule has 1 aliphatic heterocycles. The second-order valence-corrected chi connectivity index (χ2v) is 4.69. The number of likely N-dealkylation sites (tertiary alicyclic amines) is 1. The SMILES string of the molecule is CC(C)NC(=O)N1CCCC(C(C)O)C1. The van der Waals surface area contributed by atoms with Crippen LogP contribution >= 0.6 is 0 Å². The first-order chi connectivity index (χ1) is 7.00. The zero-order valence-electron chi connectivity index (χ0n) is 9.86. The van der Waals surface area contributed by atoms with Crippen molar-refractivity contribution in [2.75, 3.05) is 13.1 Å². The average Bonchev–Trinajstić information content (AvgIpc) is 2.17. The number of piperidine rings is 1. The van der Waals surface area contributed by atoms with Crippen LogP contribution in [0.15, 0.2) is 0 Å². The zero-order valence-corrected chi connectivity index (χ0v) is 9.86. The quantitative estimate of drug-likeness (QED) is 0.725. The number of urea groups is 1. The molecule has 2 N–H and O–H groups in total. The number of hydrogen-bond acceptors (Lipinski definition) is 2. The van der Waals surface area contributed by atoms with Gasteiger partial charge in [0, 0.05) is 25.0 Å². The third-order valence-electron chi connectivity index (χ3n) is 2.84. The number of rotatable bonds is 2. The first-order valence-corrected chi connectivity index (χ1v) is 5.74. The smallest absolute Gasteiger partial charge is 0.317 e. The van der Waals surface area contributed by atoms with Crippen LogP contribution < -0.4 is 5.32 Å². The van der Waals surface area contributed by atoms with Gasteiger partial charge in [-0.3, -0.25) is 0 Å². The highest BCUT2D eigenvalue weighted by Crippen LogP contribution is 2.19. The molecule has 0 aromatic rings. The molecule has 4 nitrogen and oxygen atoms in total. The number of nitrogens with zero attached hydrogens (tertiary/aromatic N) is 1. The molecule has 1 fully saturated rings. The lowest BCUT2D eigenvalue weighted by Gasteiger charge is -2.34. The second kappa shape index (κ2) is 5.35. The van der Waals surface area contributed by atoms with E-state index in [-0.39, 0.29) is 24.1 Å². The molecule has 88 valence electrons. The summed E-state index contributed by atoms with van der Waals surface area (Å²) in [6, 6.07) is 0.166. The van der Waals surface area contributed by atoms with E-state index in [1.165, 1.54) is 0 Å². The summed E-state index contributed by atoms with van der Waals surface area (Å²) in [5, 5.41) is 12.4. The van der Waals surface area contributed by atoms with Crippen LogP contribution in [0.25, 0.3) is 0 Å². The third kappa shape index (κ3) is 3.70. The Morgan fingerprint density at radius 1 is 1.47 bits per heavy atom. The van der Waals surface area contributed by atoms with Crippen LogP contribution in [0.1, 0.15) is 33.6 Å². The average molecular weight is 214 g/mol. The summed E-state index contributed by atoms with van der Waals surface area (Å²) in [6.45, 7) is 7.19. The molecular formula is C11H22N2O2. The van der Waals surface area contributed by atoms with Crippen LogP contribution in [0.2, 0.25) is 0 Å². The van der Waals surface area contributed by atoms with Crippen molar-refractivity contribution in [3.8, 4) is 0 Å².